The molecule has 0 saturated carbocycles. The summed E-state index contributed by atoms with van der Waals surface area (Å²) in [5.74, 6) is -0.0635. The number of aliphatic hydroxyl groups excluding tert-OH is 1. The van der Waals surface area contributed by atoms with Gasteiger partial charge in [0.25, 0.3) is 5.91 Å². The zero-order valence-corrected chi connectivity index (χ0v) is 18.0. The third-order valence-corrected chi connectivity index (χ3v) is 5.54. The molecule has 0 aliphatic carbocycles. The lowest BCUT2D eigenvalue weighted by Gasteiger charge is -2.40. The van der Waals surface area contributed by atoms with E-state index in [1.807, 2.05) is 18.7 Å². The first kappa shape index (κ1) is 21.7. The van der Waals surface area contributed by atoms with Crippen LogP contribution >= 0.6 is 0 Å². The average Bonchev–Trinajstić information content (AvgIpc) is 2.77. The number of ether oxygens (including phenoxy) is 1. The Labute approximate surface area is 185 Å². The third-order valence-electron chi connectivity index (χ3n) is 5.54. The molecule has 32 heavy (non-hydrogen) atoms. The lowest BCUT2D eigenvalue weighted by Crippen LogP contribution is -2.55. The molecule has 168 valence electrons. The van der Waals surface area contributed by atoms with Crippen LogP contribution in [0.5, 0.6) is 5.88 Å². The number of carbonyl (C=O) groups is 1. The molecule has 0 spiro atoms. The fourth-order valence-corrected chi connectivity index (χ4v) is 3.91. The Kier molecular flexibility index (Phi) is 6.06. The number of fused-ring (bicyclic) bond motifs is 1. The van der Waals surface area contributed by atoms with Crippen molar-refractivity contribution in [3.63, 3.8) is 0 Å². The van der Waals surface area contributed by atoms with Gasteiger partial charge in [-0.1, -0.05) is 6.92 Å². The van der Waals surface area contributed by atoms with Crippen LogP contribution in [0.2, 0.25) is 0 Å². The van der Waals surface area contributed by atoms with E-state index in [1.54, 1.807) is 36.7 Å². The molecule has 1 amide bonds. The fraction of sp³-hybridized carbons (Fsp3) is 0.364. The van der Waals surface area contributed by atoms with Crippen LogP contribution in [0.3, 0.4) is 0 Å². The Balaban J connectivity index is 1.62. The lowest BCUT2D eigenvalue weighted by atomic mass is 9.92. The first-order valence-corrected chi connectivity index (χ1v) is 10.5. The van der Waals surface area contributed by atoms with Gasteiger partial charge in [-0.15, -0.1) is 0 Å². The molecule has 0 bridgehead atoms. The Bertz CT molecular complexity index is 1130. The van der Waals surface area contributed by atoms with Gasteiger partial charge in [-0.05, 0) is 25.1 Å². The van der Waals surface area contributed by atoms with Gasteiger partial charge in [0.1, 0.15) is 0 Å². The molecule has 3 aromatic heterocycles. The van der Waals surface area contributed by atoms with Crippen molar-refractivity contribution in [1.82, 2.24) is 15.0 Å². The molecule has 1 aliphatic heterocycles. The molecule has 1 saturated heterocycles. The standard InChI is InChI=1S/C22H27N7O3/c1-3-32-18-5-4-13-8-14(23)19(28-21(13)27-18)22(31)26-16-9-25-7-6-17(16)29-10-12(2)20(30)15(24)11-29/h4-9,12,15,20,30H,3,10-11,23-24H2,1-2H3,(H,26,31)/t12-,15+,20+/m0/s1. The van der Waals surface area contributed by atoms with Gasteiger partial charge < -0.3 is 31.5 Å². The van der Waals surface area contributed by atoms with Crippen molar-refractivity contribution in [2.75, 3.05) is 35.6 Å². The number of nitrogen functional groups attached to an aromatic ring is 1. The highest BCUT2D eigenvalue weighted by Crippen LogP contribution is 2.30. The molecule has 10 heteroatoms. The van der Waals surface area contributed by atoms with Crippen molar-refractivity contribution in [3.05, 3.63) is 42.4 Å². The van der Waals surface area contributed by atoms with Crippen LogP contribution in [-0.4, -0.2) is 57.8 Å². The second-order valence-corrected chi connectivity index (χ2v) is 7.94. The number of aliphatic hydroxyl groups is 1. The number of nitrogens with zero attached hydrogens (tertiary/aromatic N) is 4. The third kappa shape index (κ3) is 4.27. The van der Waals surface area contributed by atoms with Gasteiger partial charge in [-0.25, -0.2) is 4.98 Å². The van der Waals surface area contributed by atoms with Gasteiger partial charge in [0.15, 0.2) is 11.3 Å². The van der Waals surface area contributed by atoms with Crippen LogP contribution in [0.15, 0.2) is 36.7 Å². The van der Waals surface area contributed by atoms with Crippen LogP contribution < -0.4 is 26.4 Å². The SMILES string of the molecule is CCOc1ccc2cc(N)c(C(=O)Nc3cnccc3N3C[C@@H](N)[C@H](O)[C@@H](C)C3)nc2n1. The zero-order valence-electron chi connectivity index (χ0n) is 18.0. The minimum atomic E-state index is -0.568. The second-order valence-electron chi connectivity index (χ2n) is 7.94. The van der Waals surface area contributed by atoms with Crippen molar-refractivity contribution in [1.29, 1.82) is 0 Å². The largest absolute Gasteiger partial charge is 0.478 e. The van der Waals surface area contributed by atoms with E-state index in [9.17, 15) is 9.90 Å². The quantitative estimate of drug-likeness (QED) is 0.464. The lowest BCUT2D eigenvalue weighted by molar-refractivity contribution is 0.0785. The summed E-state index contributed by atoms with van der Waals surface area (Å²) in [5.41, 5.74) is 14.2. The van der Waals surface area contributed by atoms with Crippen molar-refractivity contribution < 1.29 is 14.6 Å². The number of pyridine rings is 3. The predicted octanol–water partition coefficient (Wildman–Crippen LogP) is 1.40. The summed E-state index contributed by atoms with van der Waals surface area (Å²) in [5, 5.41) is 13.7. The molecule has 4 rings (SSSR count). The topological polar surface area (TPSA) is 153 Å². The number of amides is 1. The summed E-state index contributed by atoms with van der Waals surface area (Å²) in [4.78, 5) is 28.0. The minimum absolute atomic E-state index is 0.0149. The van der Waals surface area contributed by atoms with Crippen molar-refractivity contribution in [2.24, 2.45) is 11.7 Å². The molecular weight excluding hydrogens is 410 g/mol. The van der Waals surface area contributed by atoms with E-state index in [0.29, 0.717) is 42.3 Å². The first-order chi connectivity index (χ1) is 15.4. The monoisotopic (exact) mass is 437 g/mol. The van der Waals surface area contributed by atoms with Crippen molar-refractivity contribution >= 4 is 34.0 Å². The number of piperidine rings is 1. The molecule has 0 radical (unpaired) electrons. The molecule has 10 nitrogen and oxygen atoms in total. The number of rotatable bonds is 5. The maximum atomic E-state index is 13.1. The molecule has 1 aliphatic rings. The van der Waals surface area contributed by atoms with E-state index >= 15 is 0 Å². The van der Waals surface area contributed by atoms with Gasteiger partial charge in [0.2, 0.25) is 5.88 Å². The average molecular weight is 438 g/mol. The maximum Gasteiger partial charge on any atom is 0.276 e. The molecule has 0 aromatic carbocycles. The summed E-state index contributed by atoms with van der Waals surface area (Å²) >= 11 is 0. The highest BCUT2D eigenvalue weighted by molar-refractivity contribution is 6.08. The van der Waals surface area contributed by atoms with E-state index in [4.69, 9.17) is 16.2 Å². The summed E-state index contributed by atoms with van der Waals surface area (Å²) in [6, 6.07) is 6.61. The summed E-state index contributed by atoms with van der Waals surface area (Å²) in [7, 11) is 0. The van der Waals surface area contributed by atoms with Gasteiger partial charge in [-0.3, -0.25) is 9.78 Å². The molecule has 1 fully saturated rings. The number of hydrogen-bond acceptors (Lipinski definition) is 9. The Morgan fingerprint density at radius 3 is 2.88 bits per heavy atom. The molecule has 3 aromatic rings. The number of anilines is 3. The van der Waals surface area contributed by atoms with E-state index < -0.39 is 12.0 Å². The number of carbonyl (C=O) groups excluding carboxylic acids is 1. The smallest absolute Gasteiger partial charge is 0.276 e. The number of aromatic nitrogens is 3. The Morgan fingerprint density at radius 2 is 2.12 bits per heavy atom. The predicted molar refractivity (Wildman–Crippen MR) is 123 cm³/mol. The van der Waals surface area contributed by atoms with Gasteiger partial charge >= 0.3 is 0 Å². The summed E-state index contributed by atoms with van der Waals surface area (Å²) in [6.07, 6.45) is 2.65. The molecule has 3 atom stereocenters. The van der Waals surface area contributed by atoms with Gasteiger partial charge in [-0.2, -0.15) is 4.98 Å². The molecular formula is C22H27N7O3. The zero-order chi connectivity index (χ0) is 22.8. The molecule has 0 unspecified atom stereocenters. The number of nitrogens with two attached hydrogens (primary N) is 2. The van der Waals surface area contributed by atoms with Crippen LogP contribution in [-0.2, 0) is 0 Å². The van der Waals surface area contributed by atoms with Crippen LogP contribution in [0, 0.1) is 5.92 Å². The van der Waals surface area contributed by atoms with Crippen LogP contribution in [0.4, 0.5) is 17.1 Å². The normalized spacial score (nSPS) is 20.9. The highest BCUT2D eigenvalue weighted by Gasteiger charge is 2.32. The van der Waals surface area contributed by atoms with Crippen LogP contribution in [0.25, 0.3) is 11.0 Å². The number of nitrogens with one attached hydrogen (secondary N) is 1. The van der Waals surface area contributed by atoms with Gasteiger partial charge in [0.05, 0.1) is 36.0 Å². The summed E-state index contributed by atoms with van der Waals surface area (Å²) in [6.45, 7) is 5.34. The second kappa shape index (κ2) is 8.93. The van der Waals surface area contributed by atoms with Crippen molar-refractivity contribution in [3.8, 4) is 5.88 Å². The maximum absolute atomic E-state index is 13.1. The highest BCUT2D eigenvalue weighted by atomic mass is 16.5. The Morgan fingerprint density at radius 1 is 1.31 bits per heavy atom. The first-order valence-electron chi connectivity index (χ1n) is 10.5. The fourth-order valence-electron chi connectivity index (χ4n) is 3.91. The number of hydrogen-bond donors (Lipinski definition) is 4. The van der Waals surface area contributed by atoms with Crippen LogP contribution in [0.1, 0.15) is 24.3 Å². The minimum Gasteiger partial charge on any atom is -0.478 e. The molecule has 6 N–H and O–H groups in total. The van der Waals surface area contributed by atoms with E-state index in [0.717, 1.165) is 5.69 Å². The van der Waals surface area contributed by atoms with Gasteiger partial charge in [0, 0.05) is 42.7 Å². The molecule has 4 heterocycles. The van der Waals surface area contributed by atoms with E-state index in [-0.39, 0.29) is 23.3 Å². The van der Waals surface area contributed by atoms with E-state index in [1.165, 1.54) is 0 Å². The summed E-state index contributed by atoms with van der Waals surface area (Å²) < 4.78 is 5.42. The van der Waals surface area contributed by atoms with E-state index in [2.05, 4.69) is 20.3 Å². The Hall–Kier alpha value is -3.50. The van der Waals surface area contributed by atoms with Crippen molar-refractivity contribution in [2.45, 2.75) is 26.0 Å².